The van der Waals surface area contributed by atoms with E-state index in [0.29, 0.717) is 18.0 Å². The number of carbonyl (C=O) groups is 1. The molecule has 0 spiro atoms. The van der Waals surface area contributed by atoms with Gasteiger partial charge in [0.05, 0.1) is 30.2 Å². The molecule has 5 rings (SSSR count). The standard InChI is InChI=1S/C24H25N3O3S/c1-26-12-15(17-8-7-16(29-2)11-19(17)26)13-27-9-10-30-20(14-27)22-18-5-3-4-6-21(18)31-23(22)24(25)28/h3-8,11-12,20H,9-10,13-14H2,1-2H3,(H2,25,28)/t20-/m0/s1. The molecule has 2 aromatic heterocycles. The van der Waals surface area contributed by atoms with Gasteiger partial charge in [0.2, 0.25) is 0 Å². The normalized spacial score (nSPS) is 17.4. The van der Waals surface area contributed by atoms with Crippen LogP contribution in [-0.4, -0.2) is 42.2 Å². The molecule has 0 aliphatic carbocycles. The highest BCUT2D eigenvalue weighted by atomic mass is 32.1. The Hall–Kier alpha value is -2.87. The van der Waals surface area contributed by atoms with E-state index < -0.39 is 0 Å². The first-order valence-corrected chi connectivity index (χ1v) is 11.1. The minimum Gasteiger partial charge on any atom is -0.497 e. The fourth-order valence-corrected chi connectivity index (χ4v) is 5.64. The number of nitrogens with zero attached hydrogens (tertiary/aromatic N) is 2. The lowest BCUT2D eigenvalue weighted by Gasteiger charge is -2.33. The summed E-state index contributed by atoms with van der Waals surface area (Å²) < 4.78 is 14.7. The van der Waals surface area contributed by atoms with E-state index in [4.69, 9.17) is 15.2 Å². The van der Waals surface area contributed by atoms with E-state index in [1.807, 2.05) is 30.3 Å². The Morgan fingerprint density at radius 1 is 1.26 bits per heavy atom. The maximum Gasteiger partial charge on any atom is 0.259 e. The van der Waals surface area contributed by atoms with E-state index >= 15 is 0 Å². The molecule has 1 fully saturated rings. The van der Waals surface area contributed by atoms with Gasteiger partial charge < -0.3 is 19.8 Å². The van der Waals surface area contributed by atoms with Crippen LogP contribution in [0.2, 0.25) is 0 Å². The van der Waals surface area contributed by atoms with Gasteiger partial charge >= 0.3 is 0 Å². The van der Waals surface area contributed by atoms with Crippen molar-refractivity contribution in [3.63, 3.8) is 0 Å². The Balaban J connectivity index is 1.45. The third-order valence-electron chi connectivity index (χ3n) is 6.00. The van der Waals surface area contributed by atoms with Crippen molar-refractivity contribution in [1.29, 1.82) is 0 Å². The summed E-state index contributed by atoms with van der Waals surface area (Å²) in [6.45, 7) is 2.99. The maximum absolute atomic E-state index is 12.2. The number of ether oxygens (including phenoxy) is 2. The minimum atomic E-state index is -0.389. The Morgan fingerprint density at radius 2 is 2.10 bits per heavy atom. The average Bonchev–Trinajstić information content (AvgIpc) is 3.32. The molecule has 1 aliphatic rings. The summed E-state index contributed by atoms with van der Waals surface area (Å²) >= 11 is 1.45. The predicted molar refractivity (Wildman–Crippen MR) is 124 cm³/mol. The molecule has 2 aromatic carbocycles. The van der Waals surface area contributed by atoms with Gasteiger partial charge in [-0.3, -0.25) is 9.69 Å². The number of primary amides is 1. The first-order chi connectivity index (χ1) is 15.0. The molecule has 7 heteroatoms. The second kappa shape index (κ2) is 8.00. The summed E-state index contributed by atoms with van der Waals surface area (Å²) in [5.41, 5.74) is 9.07. The zero-order valence-corrected chi connectivity index (χ0v) is 18.4. The third kappa shape index (κ3) is 3.59. The van der Waals surface area contributed by atoms with Crippen LogP contribution >= 0.6 is 11.3 Å². The number of rotatable bonds is 5. The van der Waals surface area contributed by atoms with Crippen LogP contribution in [0.4, 0.5) is 0 Å². The Kier molecular flexibility index (Phi) is 5.17. The predicted octanol–water partition coefficient (Wildman–Crippen LogP) is 4.07. The molecule has 0 unspecified atom stereocenters. The number of nitrogens with two attached hydrogens (primary N) is 1. The topological polar surface area (TPSA) is 69.7 Å². The van der Waals surface area contributed by atoms with Gasteiger partial charge in [0.1, 0.15) is 5.75 Å². The van der Waals surface area contributed by atoms with E-state index in [0.717, 1.165) is 40.0 Å². The number of hydrogen-bond donors (Lipinski definition) is 1. The second-order valence-corrected chi connectivity index (χ2v) is 9.00. The van der Waals surface area contributed by atoms with Crippen LogP contribution in [0.5, 0.6) is 5.75 Å². The van der Waals surface area contributed by atoms with E-state index in [9.17, 15) is 4.79 Å². The van der Waals surface area contributed by atoms with Crippen molar-refractivity contribution in [3.8, 4) is 5.75 Å². The van der Waals surface area contributed by atoms with Crippen molar-refractivity contribution in [2.24, 2.45) is 12.8 Å². The molecule has 2 N–H and O–H groups in total. The van der Waals surface area contributed by atoms with E-state index in [1.165, 1.54) is 22.3 Å². The van der Waals surface area contributed by atoms with Gasteiger partial charge in [0, 0.05) is 54.6 Å². The molecule has 0 saturated carbocycles. The van der Waals surface area contributed by atoms with Crippen LogP contribution in [0.1, 0.15) is 26.9 Å². The molecule has 0 bridgehead atoms. The Bertz CT molecular complexity index is 1280. The highest BCUT2D eigenvalue weighted by molar-refractivity contribution is 7.21. The van der Waals surface area contributed by atoms with Gasteiger partial charge in [-0.15, -0.1) is 11.3 Å². The van der Waals surface area contributed by atoms with Crippen LogP contribution in [0.3, 0.4) is 0 Å². The number of benzene rings is 2. The lowest BCUT2D eigenvalue weighted by molar-refractivity contribution is -0.0321. The highest BCUT2D eigenvalue weighted by Crippen LogP contribution is 2.38. The second-order valence-electron chi connectivity index (χ2n) is 7.95. The van der Waals surface area contributed by atoms with Crippen molar-refractivity contribution >= 4 is 38.2 Å². The van der Waals surface area contributed by atoms with Crippen LogP contribution in [-0.2, 0) is 18.3 Å². The number of hydrogen-bond acceptors (Lipinski definition) is 5. The zero-order chi connectivity index (χ0) is 21.5. The molecule has 3 heterocycles. The third-order valence-corrected chi connectivity index (χ3v) is 7.21. The van der Waals surface area contributed by atoms with Gasteiger partial charge in [0.25, 0.3) is 5.91 Å². The monoisotopic (exact) mass is 435 g/mol. The van der Waals surface area contributed by atoms with Crippen LogP contribution in [0.25, 0.3) is 21.0 Å². The van der Waals surface area contributed by atoms with Crippen LogP contribution in [0, 0.1) is 0 Å². The molecule has 6 nitrogen and oxygen atoms in total. The lowest BCUT2D eigenvalue weighted by atomic mass is 10.0. The summed E-state index contributed by atoms with van der Waals surface area (Å²) in [6.07, 6.45) is 2.01. The van der Waals surface area contributed by atoms with Gasteiger partial charge in [-0.05, 0) is 29.1 Å². The molecule has 1 atom stereocenters. The van der Waals surface area contributed by atoms with E-state index in [1.54, 1.807) is 7.11 Å². The number of fused-ring (bicyclic) bond motifs is 2. The van der Waals surface area contributed by atoms with Crippen molar-refractivity contribution in [1.82, 2.24) is 9.47 Å². The SMILES string of the molecule is COc1ccc2c(CN3CCO[C@H](c4c(C(N)=O)sc5ccccc45)C3)cn(C)c2c1. The smallest absolute Gasteiger partial charge is 0.259 e. The van der Waals surface area contributed by atoms with Crippen molar-refractivity contribution < 1.29 is 14.3 Å². The molecule has 4 aromatic rings. The van der Waals surface area contributed by atoms with Crippen molar-refractivity contribution in [2.45, 2.75) is 12.6 Å². The number of aryl methyl sites for hydroxylation is 1. The van der Waals surface area contributed by atoms with Crippen LogP contribution in [0.15, 0.2) is 48.7 Å². The fourth-order valence-electron chi connectivity index (χ4n) is 4.53. The molecule has 1 amide bonds. The number of carbonyl (C=O) groups excluding carboxylic acids is 1. The van der Waals surface area contributed by atoms with Gasteiger partial charge in [-0.2, -0.15) is 0 Å². The largest absolute Gasteiger partial charge is 0.497 e. The molecule has 1 aliphatic heterocycles. The molecular weight excluding hydrogens is 410 g/mol. The maximum atomic E-state index is 12.2. The number of thiophene rings is 1. The quantitative estimate of drug-likeness (QED) is 0.513. The first kappa shape index (κ1) is 20.1. The summed E-state index contributed by atoms with van der Waals surface area (Å²) in [7, 11) is 3.75. The van der Waals surface area contributed by atoms with E-state index in [2.05, 4.69) is 34.8 Å². The molecule has 160 valence electrons. The molecule has 31 heavy (non-hydrogen) atoms. The number of aromatic nitrogens is 1. The summed E-state index contributed by atoms with van der Waals surface area (Å²) in [6, 6.07) is 14.3. The number of methoxy groups -OCH3 is 1. The molecular formula is C24H25N3O3S. The Labute approximate surface area is 184 Å². The number of morpholine rings is 1. The lowest BCUT2D eigenvalue weighted by Crippen LogP contribution is -2.38. The number of amides is 1. The molecule has 1 saturated heterocycles. The summed E-state index contributed by atoms with van der Waals surface area (Å²) in [5.74, 6) is 0.468. The summed E-state index contributed by atoms with van der Waals surface area (Å²) in [4.78, 5) is 15.2. The summed E-state index contributed by atoms with van der Waals surface area (Å²) in [5, 5.41) is 2.29. The van der Waals surface area contributed by atoms with Gasteiger partial charge in [-0.1, -0.05) is 18.2 Å². The van der Waals surface area contributed by atoms with Crippen molar-refractivity contribution in [2.75, 3.05) is 26.8 Å². The van der Waals surface area contributed by atoms with E-state index in [-0.39, 0.29) is 12.0 Å². The average molecular weight is 436 g/mol. The Morgan fingerprint density at radius 3 is 2.90 bits per heavy atom. The highest BCUT2D eigenvalue weighted by Gasteiger charge is 2.29. The molecule has 0 radical (unpaired) electrons. The van der Waals surface area contributed by atoms with Crippen molar-refractivity contribution in [3.05, 3.63) is 64.7 Å². The zero-order valence-electron chi connectivity index (χ0n) is 17.6. The first-order valence-electron chi connectivity index (χ1n) is 10.3. The minimum absolute atomic E-state index is 0.178. The van der Waals surface area contributed by atoms with Gasteiger partial charge in [-0.25, -0.2) is 0 Å². The van der Waals surface area contributed by atoms with Gasteiger partial charge in [0.15, 0.2) is 0 Å². The van der Waals surface area contributed by atoms with Crippen LogP contribution < -0.4 is 10.5 Å². The fraction of sp³-hybridized carbons (Fsp3) is 0.292.